The first-order chi connectivity index (χ1) is 12.6. The Hall–Kier alpha value is -2.53. The fourth-order valence-electron chi connectivity index (χ4n) is 3.25. The summed E-state index contributed by atoms with van der Waals surface area (Å²) in [5.41, 5.74) is 3.27. The van der Waals surface area contributed by atoms with Crippen molar-refractivity contribution >= 4 is 5.91 Å². The molecule has 138 valence electrons. The molecular formula is C21H26N2O3. The number of methoxy groups -OCH3 is 2. The molecule has 3 rings (SSSR count). The molecule has 0 bridgehead atoms. The Bertz CT molecular complexity index is 745. The molecule has 1 aliphatic heterocycles. The van der Waals surface area contributed by atoms with Crippen LogP contribution in [0.1, 0.15) is 21.5 Å². The van der Waals surface area contributed by atoms with Crippen molar-refractivity contribution in [1.29, 1.82) is 0 Å². The number of hydrogen-bond donors (Lipinski definition) is 0. The minimum Gasteiger partial charge on any atom is -0.497 e. The number of benzene rings is 2. The molecule has 5 heteroatoms. The second kappa shape index (κ2) is 8.23. The summed E-state index contributed by atoms with van der Waals surface area (Å²) in [7, 11) is 3.18. The topological polar surface area (TPSA) is 42.0 Å². The summed E-state index contributed by atoms with van der Waals surface area (Å²) in [6.07, 6.45) is 0. The van der Waals surface area contributed by atoms with E-state index in [0.29, 0.717) is 17.1 Å². The zero-order valence-corrected chi connectivity index (χ0v) is 15.7. The molecule has 0 spiro atoms. The van der Waals surface area contributed by atoms with Crippen LogP contribution in [0, 0.1) is 6.92 Å². The first-order valence-electron chi connectivity index (χ1n) is 8.90. The summed E-state index contributed by atoms with van der Waals surface area (Å²) in [4.78, 5) is 17.2. The van der Waals surface area contributed by atoms with Gasteiger partial charge in [-0.15, -0.1) is 0 Å². The zero-order chi connectivity index (χ0) is 18.5. The molecule has 1 aliphatic rings. The fraction of sp³-hybridized carbons (Fsp3) is 0.381. The van der Waals surface area contributed by atoms with Crippen LogP contribution in [0.4, 0.5) is 0 Å². The molecule has 1 amide bonds. The van der Waals surface area contributed by atoms with Crippen LogP contribution in [-0.4, -0.2) is 56.1 Å². The van der Waals surface area contributed by atoms with Gasteiger partial charge in [0.05, 0.1) is 14.2 Å². The predicted molar refractivity (Wildman–Crippen MR) is 102 cm³/mol. The van der Waals surface area contributed by atoms with Crippen LogP contribution in [-0.2, 0) is 6.54 Å². The number of carbonyl (C=O) groups is 1. The number of hydrogen-bond acceptors (Lipinski definition) is 4. The van der Waals surface area contributed by atoms with Crippen molar-refractivity contribution in [2.24, 2.45) is 0 Å². The van der Waals surface area contributed by atoms with Crippen molar-refractivity contribution in [2.75, 3.05) is 40.4 Å². The maximum absolute atomic E-state index is 12.9. The summed E-state index contributed by atoms with van der Waals surface area (Å²) >= 11 is 0. The van der Waals surface area contributed by atoms with Crippen LogP contribution in [0.3, 0.4) is 0 Å². The lowest BCUT2D eigenvalue weighted by atomic mass is 10.1. The zero-order valence-electron chi connectivity index (χ0n) is 15.7. The Morgan fingerprint density at radius 1 is 0.962 bits per heavy atom. The largest absolute Gasteiger partial charge is 0.497 e. The van der Waals surface area contributed by atoms with Gasteiger partial charge in [0.2, 0.25) is 0 Å². The van der Waals surface area contributed by atoms with E-state index in [1.807, 2.05) is 4.90 Å². The molecule has 0 aliphatic carbocycles. The van der Waals surface area contributed by atoms with Crippen LogP contribution in [0.25, 0.3) is 0 Å². The minimum atomic E-state index is 0.0257. The van der Waals surface area contributed by atoms with E-state index in [0.717, 1.165) is 32.7 Å². The highest BCUT2D eigenvalue weighted by atomic mass is 16.5. The smallest absolute Gasteiger partial charge is 0.254 e. The Morgan fingerprint density at radius 3 is 2.15 bits per heavy atom. The molecule has 2 aromatic rings. The molecule has 0 aromatic heterocycles. The molecule has 5 nitrogen and oxygen atoms in total. The first kappa shape index (κ1) is 18.3. The van der Waals surface area contributed by atoms with E-state index in [1.165, 1.54) is 11.1 Å². The number of nitrogens with zero attached hydrogens (tertiary/aromatic N) is 2. The molecule has 0 N–H and O–H groups in total. The third-order valence-corrected chi connectivity index (χ3v) is 4.91. The van der Waals surface area contributed by atoms with Crippen LogP contribution < -0.4 is 9.47 Å². The highest BCUT2D eigenvalue weighted by molar-refractivity contribution is 5.95. The Labute approximate surface area is 155 Å². The molecule has 0 unspecified atom stereocenters. The van der Waals surface area contributed by atoms with Gasteiger partial charge in [-0.1, -0.05) is 24.3 Å². The van der Waals surface area contributed by atoms with Crippen molar-refractivity contribution in [1.82, 2.24) is 9.80 Å². The minimum absolute atomic E-state index is 0.0257. The molecule has 1 saturated heterocycles. The third kappa shape index (κ3) is 4.17. The van der Waals surface area contributed by atoms with E-state index in [2.05, 4.69) is 36.1 Å². The summed E-state index contributed by atoms with van der Waals surface area (Å²) in [5.74, 6) is 1.29. The van der Waals surface area contributed by atoms with Gasteiger partial charge < -0.3 is 14.4 Å². The number of piperazine rings is 1. The molecule has 1 heterocycles. The molecule has 26 heavy (non-hydrogen) atoms. The summed E-state index contributed by atoms with van der Waals surface area (Å²) < 4.78 is 10.5. The van der Waals surface area contributed by atoms with Crippen molar-refractivity contribution < 1.29 is 14.3 Å². The van der Waals surface area contributed by atoms with E-state index >= 15 is 0 Å². The van der Waals surface area contributed by atoms with E-state index in [4.69, 9.17) is 9.47 Å². The van der Waals surface area contributed by atoms with Gasteiger partial charge in [-0.2, -0.15) is 0 Å². The summed E-state index contributed by atoms with van der Waals surface area (Å²) in [6.45, 7) is 6.28. The molecular weight excluding hydrogens is 328 g/mol. The van der Waals surface area contributed by atoms with Gasteiger partial charge in [0, 0.05) is 44.4 Å². The first-order valence-corrected chi connectivity index (χ1v) is 8.90. The number of rotatable bonds is 5. The lowest BCUT2D eigenvalue weighted by Gasteiger charge is -2.35. The summed E-state index contributed by atoms with van der Waals surface area (Å²) in [6, 6.07) is 13.8. The molecule has 0 radical (unpaired) electrons. The standard InChI is InChI=1S/C21H26N2O3/c1-16-6-4-5-7-17(16)15-22-8-10-23(11-9-22)21(24)18-12-19(25-2)14-20(13-18)26-3/h4-7,12-14H,8-11,15H2,1-3H3. The number of ether oxygens (including phenoxy) is 2. The number of amides is 1. The summed E-state index contributed by atoms with van der Waals surface area (Å²) in [5, 5.41) is 0. The normalized spacial score (nSPS) is 15.0. The third-order valence-electron chi connectivity index (χ3n) is 4.91. The Kier molecular flexibility index (Phi) is 5.78. The van der Waals surface area contributed by atoms with Gasteiger partial charge in [0.1, 0.15) is 11.5 Å². The van der Waals surface area contributed by atoms with Gasteiger partial charge >= 0.3 is 0 Å². The maximum Gasteiger partial charge on any atom is 0.254 e. The lowest BCUT2D eigenvalue weighted by molar-refractivity contribution is 0.0627. The average molecular weight is 354 g/mol. The SMILES string of the molecule is COc1cc(OC)cc(C(=O)N2CCN(Cc3ccccc3C)CC2)c1. The van der Waals surface area contributed by atoms with Crippen molar-refractivity contribution in [3.63, 3.8) is 0 Å². The van der Waals surface area contributed by atoms with Crippen LogP contribution in [0.5, 0.6) is 11.5 Å². The van der Waals surface area contributed by atoms with Crippen LogP contribution in [0.15, 0.2) is 42.5 Å². The Balaban J connectivity index is 1.63. The second-order valence-electron chi connectivity index (χ2n) is 6.60. The second-order valence-corrected chi connectivity index (χ2v) is 6.60. The molecule has 2 aromatic carbocycles. The lowest BCUT2D eigenvalue weighted by Crippen LogP contribution is -2.48. The van der Waals surface area contributed by atoms with Crippen molar-refractivity contribution in [3.8, 4) is 11.5 Å². The Morgan fingerprint density at radius 2 is 1.58 bits per heavy atom. The van der Waals surface area contributed by atoms with Crippen LogP contribution in [0.2, 0.25) is 0 Å². The van der Waals surface area contributed by atoms with Crippen molar-refractivity contribution in [3.05, 3.63) is 59.2 Å². The van der Waals surface area contributed by atoms with Crippen molar-refractivity contribution in [2.45, 2.75) is 13.5 Å². The van der Waals surface area contributed by atoms with E-state index in [9.17, 15) is 4.79 Å². The van der Waals surface area contributed by atoms with Gasteiger partial charge in [0.15, 0.2) is 0 Å². The highest BCUT2D eigenvalue weighted by Crippen LogP contribution is 2.24. The quantitative estimate of drug-likeness (QED) is 0.828. The van der Waals surface area contributed by atoms with Gasteiger partial charge in [0.25, 0.3) is 5.91 Å². The van der Waals surface area contributed by atoms with E-state index < -0.39 is 0 Å². The fourth-order valence-corrected chi connectivity index (χ4v) is 3.25. The average Bonchev–Trinajstić information content (AvgIpc) is 2.69. The number of carbonyl (C=O) groups excluding carboxylic acids is 1. The van der Waals surface area contributed by atoms with Gasteiger partial charge in [-0.25, -0.2) is 0 Å². The van der Waals surface area contributed by atoms with Gasteiger partial charge in [-0.3, -0.25) is 9.69 Å². The maximum atomic E-state index is 12.9. The van der Waals surface area contributed by atoms with E-state index in [1.54, 1.807) is 32.4 Å². The molecule has 0 saturated carbocycles. The van der Waals surface area contributed by atoms with E-state index in [-0.39, 0.29) is 5.91 Å². The number of aryl methyl sites for hydroxylation is 1. The highest BCUT2D eigenvalue weighted by Gasteiger charge is 2.23. The predicted octanol–water partition coefficient (Wildman–Crippen LogP) is 2.97. The van der Waals surface area contributed by atoms with Crippen LogP contribution >= 0.6 is 0 Å². The molecule has 1 fully saturated rings. The van der Waals surface area contributed by atoms with Gasteiger partial charge in [-0.05, 0) is 30.2 Å². The monoisotopic (exact) mass is 354 g/mol. The molecule has 0 atom stereocenters.